The second kappa shape index (κ2) is 5.83. The molecule has 0 bridgehead atoms. The number of hydrogen-bond donors (Lipinski definition) is 2. The van der Waals surface area contributed by atoms with E-state index in [2.05, 4.69) is 29.7 Å². The van der Waals surface area contributed by atoms with E-state index in [1.807, 2.05) is 12.1 Å². The summed E-state index contributed by atoms with van der Waals surface area (Å²) in [5.41, 5.74) is 2.39. The molecule has 2 aliphatic rings. The molecule has 1 fully saturated rings. The summed E-state index contributed by atoms with van der Waals surface area (Å²) in [5.74, 6) is 0.642. The third kappa shape index (κ3) is 2.80. The van der Waals surface area contributed by atoms with Gasteiger partial charge in [0.15, 0.2) is 0 Å². The first-order valence-corrected chi connectivity index (χ1v) is 7.44. The average Bonchev–Trinajstić information content (AvgIpc) is 3.01. The van der Waals surface area contributed by atoms with Gasteiger partial charge in [-0.1, -0.05) is 18.2 Å². The Morgan fingerprint density at radius 3 is 3.10 bits per heavy atom. The van der Waals surface area contributed by atoms with Crippen molar-refractivity contribution in [3.8, 4) is 0 Å². The third-order valence-electron chi connectivity index (χ3n) is 4.44. The van der Waals surface area contributed by atoms with Gasteiger partial charge in [0.25, 0.3) is 0 Å². The molecule has 0 spiro atoms. The Labute approximate surface area is 119 Å². The molecule has 1 aromatic rings. The van der Waals surface area contributed by atoms with Crippen LogP contribution >= 0.6 is 0 Å². The summed E-state index contributed by atoms with van der Waals surface area (Å²) in [7, 11) is 0. The van der Waals surface area contributed by atoms with Crippen LogP contribution in [0, 0.1) is 11.8 Å². The molecule has 3 unspecified atom stereocenters. The highest BCUT2D eigenvalue weighted by Gasteiger charge is 2.28. The van der Waals surface area contributed by atoms with E-state index in [4.69, 9.17) is 4.74 Å². The van der Waals surface area contributed by atoms with E-state index >= 15 is 0 Å². The van der Waals surface area contributed by atoms with E-state index in [-0.39, 0.29) is 17.9 Å². The van der Waals surface area contributed by atoms with Crippen LogP contribution in [-0.4, -0.2) is 31.7 Å². The zero-order valence-electron chi connectivity index (χ0n) is 11.9. The molecule has 3 atom stereocenters. The molecule has 20 heavy (non-hydrogen) atoms. The molecule has 0 aliphatic carbocycles. The highest BCUT2D eigenvalue weighted by atomic mass is 16.5. The summed E-state index contributed by atoms with van der Waals surface area (Å²) in [4.78, 5) is 12.4. The molecule has 1 saturated heterocycles. The Bertz CT molecular complexity index is 483. The fourth-order valence-corrected chi connectivity index (χ4v) is 3.03. The van der Waals surface area contributed by atoms with Gasteiger partial charge in [-0.05, 0) is 31.4 Å². The van der Waals surface area contributed by atoms with E-state index in [1.54, 1.807) is 0 Å². The van der Waals surface area contributed by atoms with Gasteiger partial charge in [0.2, 0.25) is 5.91 Å². The minimum absolute atomic E-state index is 0.0228. The molecule has 3 rings (SSSR count). The quantitative estimate of drug-likeness (QED) is 0.884. The Hall–Kier alpha value is -1.55. The van der Waals surface area contributed by atoms with Crippen molar-refractivity contribution in [3.05, 3.63) is 29.8 Å². The van der Waals surface area contributed by atoms with E-state index in [0.717, 1.165) is 38.3 Å². The lowest BCUT2D eigenvalue weighted by Crippen LogP contribution is -2.44. The molecule has 2 heterocycles. The van der Waals surface area contributed by atoms with Crippen LogP contribution in [0.15, 0.2) is 24.3 Å². The number of rotatable bonds is 3. The van der Waals surface area contributed by atoms with Crippen LogP contribution in [0.25, 0.3) is 0 Å². The fraction of sp³-hybridized carbons (Fsp3) is 0.562. The standard InChI is InChI=1S/C16H22N2O2/c1-11(13-6-7-20-10-13)18-16(19)14-8-12-4-2-3-5-15(12)17-9-14/h2-5,11,13-14,17H,6-10H2,1H3,(H,18,19). The maximum absolute atomic E-state index is 12.4. The van der Waals surface area contributed by atoms with E-state index in [9.17, 15) is 4.79 Å². The molecular weight excluding hydrogens is 252 g/mol. The largest absolute Gasteiger partial charge is 0.384 e. The zero-order valence-corrected chi connectivity index (χ0v) is 11.9. The topological polar surface area (TPSA) is 50.4 Å². The molecule has 1 aromatic carbocycles. The van der Waals surface area contributed by atoms with Gasteiger partial charge in [0.05, 0.1) is 12.5 Å². The second-order valence-electron chi connectivity index (χ2n) is 5.86. The molecule has 1 amide bonds. The smallest absolute Gasteiger partial charge is 0.225 e. The predicted octanol–water partition coefficient (Wildman–Crippen LogP) is 1.81. The lowest BCUT2D eigenvalue weighted by atomic mass is 9.92. The highest BCUT2D eigenvalue weighted by molar-refractivity contribution is 5.81. The second-order valence-corrected chi connectivity index (χ2v) is 5.86. The van der Waals surface area contributed by atoms with Crippen molar-refractivity contribution in [3.63, 3.8) is 0 Å². The van der Waals surface area contributed by atoms with Crippen LogP contribution in [0.2, 0.25) is 0 Å². The number of para-hydroxylation sites is 1. The van der Waals surface area contributed by atoms with Crippen molar-refractivity contribution >= 4 is 11.6 Å². The van der Waals surface area contributed by atoms with Crippen LogP contribution in [0.5, 0.6) is 0 Å². The average molecular weight is 274 g/mol. The fourth-order valence-electron chi connectivity index (χ4n) is 3.03. The van der Waals surface area contributed by atoms with Gasteiger partial charge in [-0.25, -0.2) is 0 Å². The van der Waals surface area contributed by atoms with Crippen LogP contribution < -0.4 is 10.6 Å². The minimum Gasteiger partial charge on any atom is -0.384 e. The number of ether oxygens (including phenoxy) is 1. The lowest BCUT2D eigenvalue weighted by Gasteiger charge is -2.28. The molecule has 4 heteroatoms. The number of amides is 1. The molecule has 4 nitrogen and oxygen atoms in total. The summed E-state index contributed by atoms with van der Waals surface area (Å²) >= 11 is 0. The summed E-state index contributed by atoms with van der Waals surface area (Å²) in [6.07, 6.45) is 1.87. The van der Waals surface area contributed by atoms with Crippen molar-refractivity contribution < 1.29 is 9.53 Å². The van der Waals surface area contributed by atoms with Gasteiger partial charge >= 0.3 is 0 Å². The van der Waals surface area contributed by atoms with Crippen LogP contribution in [0.1, 0.15) is 18.9 Å². The van der Waals surface area contributed by atoms with Gasteiger partial charge in [0, 0.05) is 30.8 Å². The van der Waals surface area contributed by atoms with E-state index in [0.29, 0.717) is 5.92 Å². The summed E-state index contributed by atoms with van der Waals surface area (Å²) in [6, 6.07) is 8.41. The van der Waals surface area contributed by atoms with Crippen molar-refractivity contribution in [2.75, 3.05) is 25.1 Å². The maximum atomic E-state index is 12.4. The van der Waals surface area contributed by atoms with E-state index in [1.165, 1.54) is 5.56 Å². The van der Waals surface area contributed by atoms with Crippen LogP contribution in [0.4, 0.5) is 5.69 Å². The lowest BCUT2D eigenvalue weighted by molar-refractivity contribution is -0.125. The van der Waals surface area contributed by atoms with Crippen molar-refractivity contribution in [1.29, 1.82) is 0 Å². The number of fused-ring (bicyclic) bond motifs is 1. The van der Waals surface area contributed by atoms with Crippen molar-refractivity contribution in [2.45, 2.75) is 25.8 Å². The Morgan fingerprint density at radius 2 is 2.30 bits per heavy atom. The number of hydrogen-bond acceptors (Lipinski definition) is 3. The number of benzene rings is 1. The van der Waals surface area contributed by atoms with Gasteiger partial charge in [0.1, 0.15) is 0 Å². The number of carbonyl (C=O) groups excluding carboxylic acids is 1. The van der Waals surface area contributed by atoms with Gasteiger partial charge < -0.3 is 15.4 Å². The van der Waals surface area contributed by atoms with Gasteiger partial charge in [-0.3, -0.25) is 4.79 Å². The predicted molar refractivity (Wildman–Crippen MR) is 78.7 cm³/mol. The summed E-state index contributed by atoms with van der Waals surface area (Å²) in [5, 5.41) is 6.51. The molecule has 2 aliphatic heterocycles. The number of anilines is 1. The Morgan fingerprint density at radius 1 is 1.45 bits per heavy atom. The first-order valence-electron chi connectivity index (χ1n) is 7.44. The Balaban J connectivity index is 1.58. The molecule has 0 radical (unpaired) electrons. The van der Waals surface area contributed by atoms with E-state index < -0.39 is 0 Å². The number of nitrogens with one attached hydrogen (secondary N) is 2. The van der Waals surface area contributed by atoms with Crippen LogP contribution in [0.3, 0.4) is 0 Å². The Kier molecular flexibility index (Phi) is 3.92. The summed E-state index contributed by atoms with van der Waals surface area (Å²) in [6.45, 7) is 4.40. The first-order chi connectivity index (χ1) is 9.74. The summed E-state index contributed by atoms with van der Waals surface area (Å²) < 4.78 is 5.39. The minimum atomic E-state index is 0.0228. The highest BCUT2D eigenvalue weighted by Crippen LogP contribution is 2.25. The first kappa shape index (κ1) is 13.4. The van der Waals surface area contributed by atoms with Gasteiger partial charge in [-0.2, -0.15) is 0 Å². The van der Waals surface area contributed by atoms with Crippen molar-refractivity contribution in [1.82, 2.24) is 5.32 Å². The van der Waals surface area contributed by atoms with Crippen molar-refractivity contribution in [2.24, 2.45) is 11.8 Å². The normalized spacial score (nSPS) is 26.4. The maximum Gasteiger partial charge on any atom is 0.225 e. The SMILES string of the molecule is CC(NC(=O)C1CNc2ccccc2C1)C1CCOC1. The zero-order chi connectivity index (χ0) is 13.9. The monoisotopic (exact) mass is 274 g/mol. The molecular formula is C16H22N2O2. The number of carbonyl (C=O) groups is 1. The molecule has 108 valence electrons. The molecule has 0 aromatic heterocycles. The van der Waals surface area contributed by atoms with Gasteiger partial charge in [-0.15, -0.1) is 0 Å². The van der Waals surface area contributed by atoms with Crippen LogP contribution in [-0.2, 0) is 16.0 Å². The molecule has 2 N–H and O–H groups in total. The third-order valence-corrected chi connectivity index (χ3v) is 4.44. The molecule has 0 saturated carbocycles.